The van der Waals surface area contributed by atoms with Crippen LogP contribution in [0.3, 0.4) is 0 Å². The first-order valence-corrected chi connectivity index (χ1v) is 6.89. The summed E-state index contributed by atoms with van der Waals surface area (Å²) in [6.45, 7) is 5.68. The molecule has 2 aromatic rings. The molecule has 1 unspecified atom stereocenters. The molecule has 0 radical (unpaired) electrons. The van der Waals surface area contributed by atoms with Crippen molar-refractivity contribution >= 4 is 35.0 Å². The van der Waals surface area contributed by atoms with Gasteiger partial charge in [-0.3, -0.25) is 4.79 Å². The zero-order valence-electron chi connectivity index (χ0n) is 10.8. The number of anilines is 1. The lowest BCUT2D eigenvalue weighted by Gasteiger charge is -2.14. The van der Waals surface area contributed by atoms with E-state index < -0.39 is 0 Å². The first-order chi connectivity index (χ1) is 9.01. The Labute approximate surface area is 120 Å². The largest absolute Gasteiger partial charge is 0.360 e. The van der Waals surface area contributed by atoms with E-state index in [1.165, 1.54) is 0 Å². The third kappa shape index (κ3) is 3.08. The number of nitrogens with one attached hydrogen (secondary N) is 1. The molecule has 0 saturated heterocycles. The van der Waals surface area contributed by atoms with Crippen LogP contribution in [0.5, 0.6) is 0 Å². The SMILES string of the molecule is Cc1nc(Cl)c(C=O)c(NC(C)c2ncc(C)s2)n1. The van der Waals surface area contributed by atoms with Gasteiger partial charge in [0.25, 0.3) is 0 Å². The number of hydrogen-bond donors (Lipinski definition) is 1. The topological polar surface area (TPSA) is 67.8 Å². The molecule has 1 N–H and O–H groups in total. The van der Waals surface area contributed by atoms with Gasteiger partial charge >= 0.3 is 0 Å². The molecule has 2 aromatic heterocycles. The quantitative estimate of drug-likeness (QED) is 0.693. The predicted molar refractivity (Wildman–Crippen MR) is 76.1 cm³/mol. The molecule has 2 heterocycles. The Morgan fingerprint density at radius 3 is 2.74 bits per heavy atom. The van der Waals surface area contributed by atoms with Crippen molar-refractivity contribution in [2.75, 3.05) is 5.32 Å². The number of hydrogen-bond acceptors (Lipinski definition) is 6. The Morgan fingerprint density at radius 2 is 2.16 bits per heavy atom. The zero-order chi connectivity index (χ0) is 14.0. The zero-order valence-corrected chi connectivity index (χ0v) is 12.3. The lowest BCUT2D eigenvalue weighted by molar-refractivity contribution is 0.112. The van der Waals surface area contributed by atoms with Crippen molar-refractivity contribution in [3.63, 3.8) is 0 Å². The molecule has 0 amide bonds. The number of aromatic nitrogens is 3. The van der Waals surface area contributed by atoms with Crippen LogP contribution in [0.2, 0.25) is 5.15 Å². The van der Waals surface area contributed by atoms with Gasteiger partial charge in [-0.15, -0.1) is 11.3 Å². The summed E-state index contributed by atoms with van der Waals surface area (Å²) in [6.07, 6.45) is 2.47. The smallest absolute Gasteiger partial charge is 0.156 e. The Bertz CT molecular complexity index is 614. The Kier molecular flexibility index (Phi) is 4.11. The maximum absolute atomic E-state index is 11.1. The maximum Gasteiger partial charge on any atom is 0.156 e. The molecule has 0 saturated carbocycles. The van der Waals surface area contributed by atoms with E-state index in [2.05, 4.69) is 20.3 Å². The molecule has 7 heteroatoms. The molecular formula is C12H13ClN4OS. The van der Waals surface area contributed by atoms with Crippen LogP contribution in [-0.2, 0) is 0 Å². The molecule has 0 spiro atoms. The van der Waals surface area contributed by atoms with Gasteiger partial charge in [0.2, 0.25) is 0 Å². The molecule has 0 bridgehead atoms. The fourth-order valence-electron chi connectivity index (χ4n) is 1.60. The Hall–Kier alpha value is -1.53. The van der Waals surface area contributed by atoms with E-state index in [1.54, 1.807) is 18.3 Å². The molecule has 0 aliphatic carbocycles. The first kappa shape index (κ1) is 13.9. The van der Waals surface area contributed by atoms with Crippen LogP contribution in [0.1, 0.15) is 39.0 Å². The molecule has 0 aromatic carbocycles. The summed E-state index contributed by atoms with van der Waals surface area (Å²) >= 11 is 7.53. The summed E-state index contributed by atoms with van der Waals surface area (Å²) in [5.41, 5.74) is 0.271. The molecule has 0 aliphatic heterocycles. The summed E-state index contributed by atoms with van der Waals surface area (Å²) in [4.78, 5) is 24.7. The number of halogens is 1. The monoisotopic (exact) mass is 296 g/mol. The first-order valence-electron chi connectivity index (χ1n) is 5.69. The van der Waals surface area contributed by atoms with Crippen molar-refractivity contribution < 1.29 is 4.79 Å². The van der Waals surface area contributed by atoms with Crippen LogP contribution < -0.4 is 5.32 Å². The lowest BCUT2D eigenvalue weighted by atomic mass is 10.3. The molecule has 1 atom stereocenters. The van der Waals surface area contributed by atoms with Gasteiger partial charge in [0.15, 0.2) is 6.29 Å². The third-order valence-electron chi connectivity index (χ3n) is 2.49. The Balaban J connectivity index is 2.30. The minimum absolute atomic E-state index is 0.0530. The Morgan fingerprint density at radius 1 is 1.42 bits per heavy atom. The van der Waals surface area contributed by atoms with Crippen LogP contribution in [0, 0.1) is 13.8 Å². The summed E-state index contributed by atoms with van der Waals surface area (Å²) in [5.74, 6) is 0.952. The predicted octanol–water partition coefficient (Wildman–Crippen LogP) is 3.19. The number of aryl methyl sites for hydroxylation is 2. The van der Waals surface area contributed by atoms with Crippen molar-refractivity contribution in [3.8, 4) is 0 Å². The summed E-state index contributed by atoms with van der Waals surface area (Å²) in [7, 11) is 0. The molecular weight excluding hydrogens is 284 g/mol. The highest BCUT2D eigenvalue weighted by molar-refractivity contribution is 7.11. The highest BCUT2D eigenvalue weighted by atomic mass is 35.5. The van der Waals surface area contributed by atoms with Crippen LogP contribution in [-0.4, -0.2) is 21.2 Å². The van der Waals surface area contributed by atoms with E-state index in [1.807, 2.05) is 20.0 Å². The number of nitrogens with zero attached hydrogens (tertiary/aromatic N) is 3. The van der Waals surface area contributed by atoms with E-state index in [-0.39, 0.29) is 16.8 Å². The standard InChI is InChI=1S/C12H13ClN4OS/c1-6-4-14-12(19-6)7(2)15-11-9(5-18)10(13)16-8(3)17-11/h4-5,7H,1-3H3,(H,15,16,17). The van der Waals surface area contributed by atoms with Gasteiger partial charge in [0, 0.05) is 11.1 Å². The molecule has 5 nitrogen and oxygen atoms in total. The van der Waals surface area contributed by atoms with Crippen LogP contribution in [0.4, 0.5) is 5.82 Å². The van der Waals surface area contributed by atoms with Gasteiger partial charge in [-0.25, -0.2) is 15.0 Å². The minimum Gasteiger partial charge on any atom is -0.360 e. The van der Waals surface area contributed by atoms with Crippen molar-refractivity contribution in [3.05, 3.63) is 32.6 Å². The van der Waals surface area contributed by atoms with E-state index in [0.29, 0.717) is 17.9 Å². The fraction of sp³-hybridized carbons (Fsp3) is 0.333. The van der Waals surface area contributed by atoms with Crippen molar-refractivity contribution in [1.29, 1.82) is 0 Å². The molecule has 100 valence electrons. The highest BCUT2D eigenvalue weighted by Gasteiger charge is 2.15. The summed E-state index contributed by atoms with van der Waals surface area (Å²) in [5, 5.41) is 4.25. The van der Waals surface area contributed by atoms with E-state index in [9.17, 15) is 4.79 Å². The van der Waals surface area contributed by atoms with Crippen molar-refractivity contribution in [2.45, 2.75) is 26.8 Å². The molecule has 19 heavy (non-hydrogen) atoms. The number of aldehydes is 1. The lowest BCUT2D eigenvalue weighted by Crippen LogP contribution is -2.11. The second-order valence-electron chi connectivity index (χ2n) is 4.12. The number of carbonyl (C=O) groups is 1. The summed E-state index contributed by atoms with van der Waals surface area (Å²) in [6, 6.07) is -0.0530. The number of carbonyl (C=O) groups excluding carboxylic acids is 1. The van der Waals surface area contributed by atoms with Crippen molar-refractivity contribution in [1.82, 2.24) is 15.0 Å². The third-order valence-corrected chi connectivity index (χ3v) is 3.88. The van der Waals surface area contributed by atoms with Crippen LogP contribution >= 0.6 is 22.9 Å². The second-order valence-corrected chi connectivity index (χ2v) is 5.74. The second kappa shape index (κ2) is 5.63. The highest BCUT2D eigenvalue weighted by Crippen LogP contribution is 2.26. The fourth-order valence-corrected chi connectivity index (χ4v) is 2.63. The van der Waals surface area contributed by atoms with E-state index >= 15 is 0 Å². The van der Waals surface area contributed by atoms with Gasteiger partial charge in [-0.05, 0) is 20.8 Å². The van der Waals surface area contributed by atoms with E-state index in [0.717, 1.165) is 9.88 Å². The van der Waals surface area contributed by atoms with Gasteiger partial charge < -0.3 is 5.32 Å². The minimum atomic E-state index is -0.0530. The summed E-state index contributed by atoms with van der Waals surface area (Å²) < 4.78 is 0. The molecule has 0 aliphatic rings. The maximum atomic E-state index is 11.1. The van der Waals surface area contributed by atoms with Gasteiger partial charge in [0.05, 0.1) is 11.6 Å². The van der Waals surface area contributed by atoms with Gasteiger partial charge in [0.1, 0.15) is 21.8 Å². The average Bonchev–Trinajstić information content (AvgIpc) is 2.75. The number of thiazole rings is 1. The van der Waals surface area contributed by atoms with Gasteiger partial charge in [-0.1, -0.05) is 11.6 Å². The van der Waals surface area contributed by atoms with Gasteiger partial charge in [-0.2, -0.15) is 0 Å². The van der Waals surface area contributed by atoms with E-state index in [4.69, 9.17) is 11.6 Å². The van der Waals surface area contributed by atoms with Crippen LogP contribution in [0.25, 0.3) is 0 Å². The average molecular weight is 297 g/mol. The number of rotatable bonds is 4. The molecule has 0 fully saturated rings. The van der Waals surface area contributed by atoms with Crippen molar-refractivity contribution in [2.24, 2.45) is 0 Å². The normalized spacial score (nSPS) is 12.2. The van der Waals surface area contributed by atoms with Crippen LogP contribution in [0.15, 0.2) is 6.20 Å². The molecule has 2 rings (SSSR count).